The minimum atomic E-state index is -2.39. The Hall–Kier alpha value is -0.750. The molecule has 0 amide bonds. The van der Waals surface area contributed by atoms with E-state index in [1.54, 1.807) is 14.0 Å². The van der Waals surface area contributed by atoms with Crippen LogP contribution in [-0.4, -0.2) is 54.1 Å². The van der Waals surface area contributed by atoms with Gasteiger partial charge in [0.2, 0.25) is 0 Å². The molecule has 102 valence electrons. The summed E-state index contributed by atoms with van der Waals surface area (Å²) in [5, 5.41) is 12.1. The second-order valence-corrected chi connectivity index (χ2v) is 4.84. The van der Waals surface area contributed by atoms with Crippen LogP contribution in [0.2, 0.25) is 0 Å². The number of hydrogen-bond acceptors (Lipinski definition) is 3. The lowest BCUT2D eigenvalue weighted by molar-refractivity contribution is -0.145. The summed E-state index contributed by atoms with van der Waals surface area (Å²) >= 11 is 0. The Morgan fingerprint density at radius 3 is 2.35 bits per heavy atom. The van der Waals surface area contributed by atoms with Gasteiger partial charge in [-0.2, -0.15) is 0 Å². The first kappa shape index (κ1) is 16.2. The van der Waals surface area contributed by atoms with Crippen molar-refractivity contribution in [1.29, 1.82) is 0 Å². The topological polar surface area (TPSA) is 52.6 Å². The van der Waals surface area contributed by atoms with Gasteiger partial charge in [-0.3, -0.25) is 10.1 Å². The van der Waals surface area contributed by atoms with Gasteiger partial charge in [-0.15, -0.1) is 0 Å². The zero-order chi connectivity index (χ0) is 13.6. The molecule has 0 aromatic rings. The third-order valence-electron chi connectivity index (χ3n) is 2.52. The van der Waals surface area contributed by atoms with E-state index in [1.807, 2.05) is 13.8 Å². The van der Waals surface area contributed by atoms with Crippen molar-refractivity contribution in [3.8, 4) is 0 Å². The molecule has 0 rings (SSSR count). The number of carboxylic acid groups (broad SMARTS) is 1. The Morgan fingerprint density at radius 1 is 1.47 bits per heavy atom. The summed E-state index contributed by atoms with van der Waals surface area (Å²) < 4.78 is 24.2. The first-order valence-corrected chi connectivity index (χ1v) is 5.65. The van der Waals surface area contributed by atoms with E-state index < -0.39 is 17.9 Å². The fraction of sp³-hybridized carbons (Fsp3) is 0.909. The number of hydrogen-bond donors (Lipinski definition) is 2. The molecule has 0 aromatic heterocycles. The molecular formula is C11H22F2N2O2. The van der Waals surface area contributed by atoms with Crippen LogP contribution >= 0.6 is 0 Å². The number of nitrogens with one attached hydrogen (secondary N) is 1. The van der Waals surface area contributed by atoms with Crippen LogP contribution in [0.3, 0.4) is 0 Å². The molecule has 4 nitrogen and oxygen atoms in total. The first-order chi connectivity index (χ1) is 7.67. The molecule has 0 saturated heterocycles. The number of carbonyl (C=O) groups is 1. The van der Waals surface area contributed by atoms with Crippen LogP contribution in [-0.2, 0) is 4.79 Å². The molecule has 0 fully saturated rings. The zero-order valence-corrected chi connectivity index (χ0v) is 10.8. The van der Waals surface area contributed by atoms with Crippen LogP contribution in [0.25, 0.3) is 0 Å². The predicted octanol–water partition coefficient (Wildman–Crippen LogP) is 1.41. The number of alkyl halides is 2. The minimum Gasteiger partial charge on any atom is -0.480 e. The van der Waals surface area contributed by atoms with Gasteiger partial charge in [-0.25, -0.2) is 8.78 Å². The Morgan fingerprint density at radius 2 is 2.00 bits per heavy atom. The van der Waals surface area contributed by atoms with Crippen molar-refractivity contribution in [3.63, 3.8) is 0 Å². The number of rotatable bonds is 8. The van der Waals surface area contributed by atoms with E-state index in [1.165, 1.54) is 4.90 Å². The first-order valence-electron chi connectivity index (χ1n) is 5.65. The lowest BCUT2D eigenvalue weighted by atomic mass is 9.96. The molecular weight excluding hydrogens is 230 g/mol. The van der Waals surface area contributed by atoms with Gasteiger partial charge in [-0.1, -0.05) is 0 Å². The molecule has 0 saturated carbocycles. The molecule has 0 radical (unpaired) electrons. The molecule has 0 aliphatic rings. The summed E-state index contributed by atoms with van der Waals surface area (Å²) in [6.07, 6.45) is -2.11. The van der Waals surface area contributed by atoms with E-state index in [4.69, 9.17) is 5.11 Å². The summed E-state index contributed by atoms with van der Waals surface area (Å²) in [7, 11) is 1.56. The lowest BCUT2D eigenvalue weighted by Gasteiger charge is -2.30. The highest BCUT2D eigenvalue weighted by atomic mass is 19.3. The molecule has 0 heterocycles. The van der Waals surface area contributed by atoms with E-state index in [-0.39, 0.29) is 19.0 Å². The standard InChI is InChI=1S/C11H22F2N2O2/c1-8(2)14-11(3,10(16)17)5-6-15(4)7-9(12)13/h8-9,14H,5-7H2,1-4H3,(H,16,17). The lowest BCUT2D eigenvalue weighted by Crippen LogP contribution is -2.53. The Kier molecular flexibility index (Phi) is 6.56. The second kappa shape index (κ2) is 6.86. The molecule has 17 heavy (non-hydrogen) atoms. The van der Waals surface area contributed by atoms with Gasteiger partial charge >= 0.3 is 5.97 Å². The van der Waals surface area contributed by atoms with Crippen LogP contribution in [0.4, 0.5) is 8.78 Å². The van der Waals surface area contributed by atoms with Crippen LogP contribution in [0.5, 0.6) is 0 Å². The van der Waals surface area contributed by atoms with Crippen LogP contribution in [0.1, 0.15) is 27.2 Å². The molecule has 2 N–H and O–H groups in total. The molecule has 0 bridgehead atoms. The van der Waals surface area contributed by atoms with Gasteiger partial charge in [0.05, 0.1) is 6.54 Å². The van der Waals surface area contributed by atoms with Crippen molar-refractivity contribution < 1.29 is 18.7 Å². The monoisotopic (exact) mass is 252 g/mol. The van der Waals surface area contributed by atoms with Crippen LogP contribution in [0.15, 0.2) is 0 Å². The maximum Gasteiger partial charge on any atom is 0.323 e. The van der Waals surface area contributed by atoms with Crippen molar-refractivity contribution in [1.82, 2.24) is 10.2 Å². The van der Waals surface area contributed by atoms with E-state index in [0.717, 1.165) is 0 Å². The van der Waals surface area contributed by atoms with Crippen molar-refractivity contribution >= 4 is 5.97 Å². The van der Waals surface area contributed by atoms with E-state index in [0.29, 0.717) is 6.54 Å². The van der Waals surface area contributed by atoms with Gasteiger partial charge in [-0.05, 0) is 34.2 Å². The number of halogens is 2. The highest BCUT2D eigenvalue weighted by Gasteiger charge is 2.33. The third-order valence-corrected chi connectivity index (χ3v) is 2.52. The second-order valence-electron chi connectivity index (χ2n) is 4.84. The molecule has 6 heteroatoms. The zero-order valence-electron chi connectivity index (χ0n) is 10.8. The average molecular weight is 252 g/mol. The summed E-state index contributed by atoms with van der Waals surface area (Å²) in [5.41, 5.74) is -1.08. The maximum absolute atomic E-state index is 12.1. The van der Waals surface area contributed by atoms with Gasteiger partial charge in [0.25, 0.3) is 6.43 Å². The quantitative estimate of drug-likeness (QED) is 0.686. The number of aliphatic carboxylic acids is 1. The number of nitrogens with zero attached hydrogens (tertiary/aromatic N) is 1. The molecule has 1 atom stereocenters. The molecule has 0 aliphatic carbocycles. The highest BCUT2D eigenvalue weighted by Crippen LogP contribution is 2.12. The van der Waals surface area contributed by atoms with Crippen molar-refractivity contribution in [3.05, 3.63) is 0 Å². The molecule has 1 unspecified atom stereocenters. The van der Waals surface area contributed by atoms with Crippen LogP contribution in [0, 0.1) is 0 Å². The van der Waals surface area contributed by atoms with E-state index in [9.17, 15) is 13.6 Å². The fourth-order valence-corrected chi connectivity index (χ4v) is 1.62. The van der Waals surface area contributed by atoms with Gasteiger partial charge < -0.3 is 10.0 Å². The van der Waals surface area contributed by atoms with Crippen molar-refractivity contribution in [2.75, 3.05) is 20.1 Å². The van der Waals surface area contributed by atoms with Gasteiger partial charge in [0.1, 0.15) is 5.54 Å². The largest absolute Gasteiger partial charge is 0.480 e. The molecule has 0 aliphatic heterocycles. The Labute approximate surface area is 101 Å². The Balaban J connectivity index is 4.31. The molecule has 0 aromatic carbocycles. The highest BCUT2D eigenvalue weighted by molar-refractivity contribution is 5.78. The SMILES string of the molecule is CC(C)NC(C)(CCN(C)CC(F)F)C(=O)O. The predicted molar refractivity (Wildman–Crippen MR) is 62.4 cm³/mol. The fourth-order valence-electron chi connectivity index (χ4n) is 1.62. The molecule has 0 spiro atoms. The van der Waals surface area contributed by atoms with Gasteiger partial charge in [0.15, 0.2) is 0 Å². The van der Waals surface area contributed by atoms with Crippen molar-refractivity contribution in [2.45, 2.75) is 45.2 Å². The summed E-state index contributed by atoms with van der Waals surface area (Å²) in [6.45, 7) is 5.25. The van der Waals surface area contributed by atoms with Gasteiger partial charge in [0, 0.05) is 12.6 Å². The smallest absolute Gasteiger partial charge is 0.323 e. The van der Waals surface area contributed by atoms with E-state index in [2.05, 4.69) is 5.32 Å². The third kappa shape index (κ3) is 6.53. The number of carboxylic acids is 1. The average Bonchev–Trinajstić information content (AvgIpc) is 2.12. The van der Waals surface area contributed by atoms with E-state index >= 15 is 0 Å². The minimum absolute atomic E-state index is 0.0245. The van der Waals surface area contributed by atoms with Crippen molar-refractivity contribution in [2.24, 2.45) is 0 Å². The summed E-state index contributed by atoms with van der Waals surface area (Å²) in [6, 6.07) is 0.0245. The maximum atomic E-state index is 12.1. The van der Waals surface area contributed by atoms with Crippen LogP contribution < -0.4 is 5.32 Å². The normalized spacial score (nSPS) is 15.6. The summed E-state index contributed by atoms with van der Waals surface area (Å²) in [4.78, 5) is 12.6. The summed E-state index contributed by atoms with van der Waals surface area (Å²) in [5.74, 6) is -0.961. The Bertz CT molecular complexity index is 250.